The highest BCUT2D eigenvalue weighted by atomic mass is 16.5. The highest BCUT2D eigenvalue weighted by Gasteiger charge is 2.18. The molecule has 17 heavy (non-hydrogen) atoms. The average Bonchev–Trinajstić information content (AvgIpc) is 2.76. The second-order valence-corrected chi connectivity index (χ2v) is 4.72. The van der Waals surface area contributed by atoms with E-state index in [1.807, 2.05) is 6.20 Å². The number of aromatic nitrogens is 2. The van der Waals surface area contributed by atoms with Crippen molar-refractivity contribution < 1.29 is 4.74 Å². The normalized spacial score (nSPS) is 25.0. The Bertz CT molecular complexity index is 508. The summed E-state index contributed by atoms with van der Waals surface area (Å²) in [4.78, 5) is 0. The zero-order chi connectivity index (χ0) is 11.7. The molecule has 2 N–H and O–H groups in total. The van der Waals surface area contributed by atoms with Crippen molar-refractivity contribution in [3.05, 3.63) is 24.4 Å². The molecule has 2 atom stereocenters. The van der Waals surface area contributed by atoms with Crippen molar-refractivity contribution in [3.63, 3.8) is 0 Å². The summed E-state index contributed by atoms with van der Waals surface area (Å²) in [5, 5.41) is 11.7. The van der Waals surface area contributed by atoms with E-state index < -0.39 is 0 Å². The number of fused-ring (bicyclic) bond motifs is 1. The van der Waals surface area contributed by atoms with Crippen molar-refractivity contribution in [2.75, 3.05) is 11.9 Å². The maximum absolute atomic E-state index is 5.55. The molecule has 4 nitrogen and oxygen atoms in total. The molecule has 4 heteroatoms. The van der Waals surface area contributed by atoms with Crippen LogP contribution in [0.15, 0.2) is 24.4 Å². The van der Waals surface area contributed by atoms with Crippen LogP contribution in [-0.2, 0) is 4.74 Å². The monoisotopic (exact) mass is 231 g/mol. The predicted molar refractivity (Wildman–Crippen MR) is 68.2 cm³/mol. The maximum Gasteiger partial charge on any atom is 0.0651 e. The lowest BCUT2D eigenvalue weighted by atomic mass is 10.0. The third kappa shape index (κ3) is 2.26. The van der Waals surface area contributed by atoms with Crippen LogP contribution in [0.3, 0.4) is 0 Å². The molecule has 2 aromatic rings. The Morgan fingerprint density at radius 3 is 3.29 bits per heavy atom. The highest BCUT2D eigenvalue weighted by Crippen LogP contribution is 2.21. The first-order chi connectivity index (χ1) is 8.31. The lowest BCUT2D eigenvalue weighted by Crippen LogP contribution is -2.32. The van der Waals surface area contributed by atoms with Gasteiger partial charge in [-0.3, -0.25) is 5.10 Å². The van der Waals surface area contributed by atoms with E-state index in [1.165, 1.54) is 0 Å². The molecule has 1 aliphatic rings. The van der Waals surface area contributed by atoms with Crippen LogP contribution in [0, 0.1) is 0 Å². The first kappa shape index (κ1) is 10.6. The van der Waals surface area contributed by atoms with Gasteiger partial charge in [-0.1, -0.05) is 0 Å². The number of rotatable bonds is 2. The second kappa shape index (κ2) is 4.37. The summed E-state index contributed by atoms with van der Waals surface area (Å²) in [6.07, 6.45) is 4.36. The molecule has 0 radical (unpaired) electrons. The van der Waals surface area contributed by atoms with Gasteiger partial charge in [-0.15, -0.1) is 0 Å². The van der Waals surface area contributed by atoms with E-state index in [0.29, 0.717) is 12.1 Å². The summed E-state index contributed by atoms with van der Waals surface area (Å²) in [5.41, 5.74) is 2.24. The van der Waals surface area contributed by atoms with Crippen molar-refractivity contribution in [1.82, 2.24) is 10.2 Å². The third-order valence-electron chi connectivity index (χ3n) is 3.30. The van der Waals surface area contributed by atoms with Gasteiger partial charge in [0.25, 0.3) is 0 Å². The van der Waals surface area contributed by atoms with E-state index in [-0.39, 0.29) is 0 Å². The van der Waals surface area contributed by atoms with E-state index >= 15 is 0 Å². The van der Waals surface area contributed by atoms with Crippen LogP contribution in [0.5, 0.6) is 0 Å². The molecule has 0 saturated carbocycles. The predicted octanol–water partition coefficient (Wildman–Crippen LogP) is 2.54. The van der Waals surface area contributed by atoms with Gasteiger partial charge in [0.15, 0.2) is 0 Å². The number of hydrogen-bond acceptors (Lipinski definition) is 3. The summed E-state index contributed by atoms with van der Waals surface area (Å²) in [5.74, 6) is 0. The molecule has 0 bridgehead atoms. The first-order valence-corrected chi connectivity index (χ1v) is 6.12. The molecule has 1 aliphatic heterocycles. The van der Waals surface area contributed by atoms with Gasteiger partial charge in [0.2, 0.25) is 0 Å². The molecular weight excluding hydrogens is 214 g/mol. The number of H-pyrrole nitrogens is 1. The maximum atomic E-state index is 5.55. The quantitative estimate of drug-likeness (QED) is 0.835. The summed E-state index contributed by atoms with van der Waals surface area (Å²) in [6, 6.07) is 6.82. The van der Waals surface area contributed by atoms with Gasteiger partial charge in [-0.2, -0.15) is 5.10 Å². The minimum absolute atomic E-state index is 0.360. The molecule has 0 amide bonds. The lowest BCUT2D eigenvalue weighted by molar-refractivity contribution is 0.0232. The number of anilines is 1. The standard InChI is InChI=1S/C13H17N3O/c1-9-6-12(4-5-17-9)15-11-2-3-13-10(7-11)8-14-16-13/h2-3,7-9,12,15H,4-6H2,1H3,(H,14,16). The first-order valence-electron chi connectivity index (χ1n) is 6.12. The molecule has 0 aliphatic carbocycles. The van der Waals surface area contributed by atoms with Crippen LogP contribution in [0.2, 0.25) is 0 Å². The van der Waals surface area contributed by atoms with Crippen LogP contribution in [0.4, 0.5) is 5.69 Å². The highest BCUT2D eigenvalue weighted by molar-refractivity contribution is 5.81. The Kier molecular flexibility index (Phi) is 2.73. The zero-order valence-electron chi connectivity index (χ0n) is 9.94. The Morgan fingerprint density at radius 1 is 1.47 bits per heavy atom. The number of aromatic amines is 1. The number of hydrogen-bond donors (Lipinski definition) is 2. The Hall–Kier alpha value is -1.55. The lowest BCUT2D eigenvalue weighted by Gasteiger charge is -2.28. The Balaban J connectivity index is 1.75. The SMILES string of the molecule is CC1CC(Nc2ccc3[nH]ncc3c2)CCO1. The number of nitrogens with one attached hydrogen (secondary N) is 2. The van der Waals surface area contributed by atoms with Gasteiger partial charge in [0.05, 0.1) is 17.8 Å². The molecule has 2 unspecified atom stereocenters. The molecule has 90 valence electrons. The zero-order valence-corrected chi connectivity index (χ0v) is 9.94. The topological polar surface area (TPSA) is 49.9 Å². The third-order valence-corrected chi connectivity index (χ3v) is 3.30. The molecule has 3 rings (SSSR count). The van der Waals surface area contributed by atoms with Gasteiger partial charge in [0.1, 0.15) is 0 Å². The summed E-state index contributed by atoms with van der Waals surface area (Å²) in [7, 11) is 0. The van der Waals surface area contributed by atoms with Crippen molar-refractivity contribution in [3.8, 4) is 0 Å². The summed E-state index contributed by atoms with van der Waals surface area (Å²) < 4.78 is 5.55. The average molecular weight is 231 g/mol. The van der Waals surface area contributed by atoms with Gasteiger partial charge < -0.3 is 10.1 Å². The molecule has 1 aromatic heterocycles. The molecular formula is C13H17N3O. The molecule has 1 aromatic carbocycles. The van der Waals surface area contributed by atoms with Crippen LogP contribution >= 0.6 is 0 Å². The van der Waals surface area contributed by atoms with Crippen molar-refractivity contribution >= 4 is 16.6 Å². The van der Waals surface area contributed by atoms with Crippen LogP contribution in [0.25, 0.3) is 10.9 Å². The number of ether oxygens (including phenoxy) is 1. The number of nitrogens with zero attached hydrogens (tertiary/aromatic N) is 1. The second-order valence-electron chi connectivity index (χ2n) is 4.72. The van der Waals surface area contributed by atoms with Crippen LogP contribution < -0.4 is 5.32 Å². The van der Waals surface area contributed by atoms with Gasteiger partial charge in [-0.05, 0) is 38.0 Å². The van der Waals surface area contributed by atoms with Gasteiger partial charge >= 0.3 is 0 Å². The Labute approximate surface area is 100 Å². The fourth-order valence-corrected chi connectivity index (χ4v) is 2.40. The summed E-state index contributed by atoms with van der Waals surface area (Å²) in [6.45, 7) is 2.99. The van der Waals surface area contributed by atoms with E-state index in [0.717, 1.165) is 36.0 Å². The van der Waals surface area contributed by atoms with Crippen LogP contribution in [0.1, 0.15) is 19.8 Å². The minimum Gasteiger partial charge on any atom is -0.382 e. The molecule has 2 heterocycles. The summed E-state index contributed by atoms with van der Waals surface area (Å²) >= 11 is 0. The van der Waals surface area contributed by atoms with E-state index in [9.17, 15) is 0 Å². The van der Waals surface area contributed by atoms with Crippen LogP contribution in [-0.4, -0.2) is 29.0 Å². The fourth-order valence-electron chi connectivity index (χ4n) is 2.40. The van der Waals surface area contributed by atoms with Gasteiger partial charge in [0, 0.05) is 23.7 Å². The van der Waals surface area contributed by atoms with E-state index in [1.54, 1.807) is 0 Å². The smallest absolute Gasteiger partial charge is 0.0651 e. The molecule has 0 spiro atoms. The Morgan fingerprint density at radius 2 is 2.41 bits per heavy atom. The fraction of sp³-hybridized carbons (Fsp3) is 0.462. The van der Waals surface area contributed by atoms with E-state index in [2.05, 4.69) is 40.6 Å². The largest absolute Gasteiger partial charge is 0.382 e. The van der Waals surface area contributed by atoms with Crippen molar-refractivity contribution in [2.24, 2.45) is 0 Å². The van der Waals surface area contributed by atoms with Gasteiger partial charge in [-0.25, -0.2) is 0 Å². The number of benzene rings is 1. The minimum atomic E-state index is 0.360. The van der Waals surface area contributed by atoms with Crippen molar-refractivity contribution in [2.45, 2.75) is 31.9 Å². The van der Waals surface area contributed by atoms with E-state index in [4.69, 9.17) is 4.74 Å². The molecule has 1 fully saturated rings. The van der Waals surface area contributed by atoms with Crippen molar-refractivity contribution in [1.29, 1.82) is 0 Å². The molecule has 1 saturated heterocycles.